The lowest BCUT2D eigenvalue weighted by Crippen LogP contribution is -2.47. The zero-order chi connectivity index (χ0) is 17.4. The number of aliphatic carboxylic acids is 2. The number of rotatable bonds is 5. The molecule has 1 aromatic rings. The van der Waals surface area contributed by atoms with Crippen molar-refractivity contribution >= 4 is 11.9 Å². The summed E-state index contributed by atoms with van der Waals surface area (Å²) in [6.07, 6.45) is -4.89. The number of carboxylic acid groups (broad SMARTS) is 2. The van der Waals surface area contributed by atoms with Gasteiger partial charge < -0.3 is 14.9 Å². The first-order valence-electron chi connectivity index (χ1n) is 5.96. The first-order chi connectivity index (χ1) is 10.00. The Hall–Kier alpha value is -2.29. The normalized spacial score (nSPS) is 13.3. The zero-order valence-corrected chi connectivity index (χ0v) is 11.8. The molecule has 0 saturated heterocycles. The number of carbonyl (C=O) groups is 2. The van der Waals surface area contributed by atoms with Gasteiger partial charge in [-0.2, -0.15) is 0 Å². The number of carboxylic acids is 2. The second-order valence-electron chi connectivity index (χ2n) is 3.96. The molecule has 0 aliphatic rings. The van der Waals surface area contributed by atoms with Gasteiger partial charge in [0, 0.05) is 13.3 Å². The minimum Gasteiger partial charge on any atom is -0.481 e. The molecule has 0 heterocycles. The van der Waals surface area contributed by atoms with Crippen molar-refractivity contribution < 1.29 is 42.4 Å². The fourth-order valence-corrected chi connectivity index (χ4v) is 1.04. The molecule has 0 radical (unpaired) electrons. The predicted octanol–water partition coefficient (Wildman–Crippen LogP) is 2.88. The van der Waals surface area contributed by atoms with E-state index in [2.05, 4.69) is 4.74 Å². The van der Waals surface area contributed by atoms with Gasteiger partial charge in [0.1, 0.15) is 5.75 Å². The molecular formula is C13H15F3O6. The van der Waals surface area contributed by atoms with Crippen LogP contribution in [-0.2, 0) is 14.3 Å². The van der Waals surface area contributed by atoms with Crippen LogP contribution >= 0.6 is 0 Å². The maximum atomic E-state index is 12.0. The van der Waals surface area contributed by atoms with E-state index in [0.29, 0.717) is 6.92 Å². The molecule has 0 amide bonds. The van der Waals surface area contributed by atoms with Gasteiger partial charge in [-0.25, -0.2) is 9.53 Å². The van der Waals surface area contributed by atoms with Crippen molar-refractivity contribution in [1.82, 2.24) is 0 Å². The van der Waals surface area contributed by atoms with Crippen LogP contribution in [0.25, 0.3) is 0 Å². The highest BCUT2D eigenvalue weighted by atomic mass is 19.4. The quantitative estimate of drug-likeness (QED) is 0.809. The third-order valence-electron chi connectivity index (χ3n) is 2.06. The molecule has 0 aliphatic heterocycles. The van der Waals surface area contributed by atoms with E-state index in [1.807, 2.05) is 0 Å². The Bertz CT molecular complexity index is 488. The van der Waals surface area contributed by atoms with Gasteiger partial charge in [-0.05, 0) is 12.1 Å². The number of hydrogen-bond donors (Lipinski definition) is 2. The summed E-state index contributed by atoms with van der Waals surface area (Å²) < 4.78 is 44.3. The Kier molecular flexibility index (Phi) is 7.37. The first-order valence-corrected chi connectivity index (χ1v) is 5.96. The van der Waals surface area contributed by atoms with Crippen LogP contribution in [0.5, 0.6) is 5.75 Å². The van der Waals surface area contributed by atoms with Gasteiger partial charge in [0.05, 0.1) is 0 Å². The summed E-state index contributed by atoms with van der Waals surface area (Å²) in [6.45, 7) is 2.28. The minimum atomic E-state index is -5.11. The molecule has 9 heteroatoms. The molecule has 0 fully saturated rings. The van der Waals surface area contributed by atoms with Gasteiger partial charge in [0.2, 0.25) is 0 Å². The number of alkyl halides is 3. The van der Waals surface area contributed by atoms with Crippen molar-refractivity contribution in [3.8, 4) is 5.75 Å². The van der Waals surface area contributed by atoms with E-state index in [1.54, 1.807) is 13.0 Å². The molecule has 22 heavy (non-hydrogen) atoms. The fourth-order valence-electron chi connectivity index (χ4n) is 1.04. The van der Waals surface area contributed by atoms with Crippen molar-refractivity contribution in [2.24, 2.45) is 0 Å². The molecule has 0 aromatic heterocycles. The van der Waals surface area contributed by atoms with Gasteiger partial charge in [-0.15, -0.1) is 13.2 Å². The molecular weight excluding hydrogens is 309 g/mol. The van der Waals surface area contributed by atoms with Crippen LogP contribution in [0.2, 0.25) is 0 Å². The fraction of sp³-hybridized carbons (Fsp3) is 0.385. The Labute approximate surface area is 124 Å². The maximum absolute atomic E-state index is 12.0. The van der Waals surface area contributed by atoms with E-state index in [4.69, 9.17) is 14.9 Å². The topological polar surface area (TPSA) is 93.1 Å². The van der Waals surface area contributed by atoms with E-state index in [-0.39, 0.29) is 12.2 Å². The van der Waals surface area contributed by atoms with Crippen LogP contribution in [0, 0.1) is 0 Å². The number of para-hydroxylation sites is 1. The third-order valence-corrected chi connectivity index (χ3v) is 2.06. The van der Waals surface area contributed by atoms with E-state index in [9.17, 15) is 22.8 Å². The largest absolute Gasteiger partial charge is 0.526 e. The summed E-state index contributed by atoms with van der Waals surface area (Å²) in [5, 5.41) is 16.4. The molecule has 1 rings (SSSR count). The molecule has 0 bridgehead atoms. The summed E-state index contributed by atoms with van der Waals surface area (Å²) in [5.41, 5.74) is 0. The average molecular weight is 324 g/mol. The van der Waals surface area contributed by atoms with Crippen LogP contribution in [0.1, 0.15) is 20.3 Å². The van der Waals surface area contributed by atoms with Crippen molar-refractivity contribution in [2.75, 3.05) is 0 Å². The molecule has 0 aliphatic carbocycles. The zero-order valence-electron chi connectivity index (χ0n) is 11.8. The van der Waals surface area contributed by atoms with Crippen molar-refractivity contribution in [3.05, 3.63) is 30.3 Å². The summed E-state index contributed by atoms with van der Waals surface area (Å²) in [6, 6.07) is 7.23. The van der Waals surface area contributed by atoms with E-state index >= 15 is 0 Å². The number of hydrogen-bond acceptors (Lipinski definition) is 4. The average Bonchev–Trinajstić information content (AvgIpc) is 2.38. The molecule has 0 spiro atoms. The Morgan fingerprint density at radius 3 is 1.91 bits per heavy atom. The monoisotopic (exact) mass is 324 g/mol. The van der Waals surface area contributed by atoms with Crippen LogP contribution in [-0.4, -0.2) is 34.3 Å². The third kappa shape index (κ3) is 8.10. The summed E-state index contributed by atoms with van der Waals surface area (Å²) >= 11 is 0. The predicted molar refractivity (Wildman–Crippen MR) is 68.2 cm³/mol. The number of ether oxygens (including phenoxy) is 2. The lowest BCUT2D eigenvalue weighted by molar-refractivity contribution is -0.389. The highest BCUT2D eigenvalue weighted by molar-refractivity contribution is 5.75. The lowest BCUT2D eigenvalue weighted by Gasteiger charge is -2.26. The second-order valence-corrected chi connectivity index (χ2v) is 3.96. The second kappa shape index (κ2) is 8.23. The molecule has 124 valence electrons. The number of halogens is 3. The van der Waals surface area contributed by atoms with Crippen molar-refractivity contribution in [1.29, 1.82) is 0 Å². The highest BCUT2D eigenvalue weighted by Gasteiger charge is 2.48. The maximum Gasteiger partial charge on any atom is 0.526 e. The van der Waals surface area contributed by atoms with Gasteiger partial charge in [0.25, 0.3) is 0 Å². The van der Waals surface area contributed by atoms with Gasteiger partial charge in [-0.3, -0.25) is 4.79 Å². The Morgan fingerprint density at radius 2 is 1.59 bits per heavy atom. The Morgan fingerprint density at radius 1 is 1.14 bits per heavy atom. The standard InChI is InChI=1S/C10H9F3O4.C3H6O2/c1-9(8(14)15,17-10(11,12)13)16-7-5-3-2-4-6-7;1-2-3(4)5/h2-6H,1H3,(H,14,15);2H2,1H3,(H,4,5). The van der Waals surface area contributed by atoms with Crippen molar-refractivity contribution in [3.63, 3.8) is 0 Å². The Balaban J connectivity index is 0.000000763. The van der Waals surface area contributed by atoms with Crippen molar-refractivity contribution in [2.45, 2.75) is 32.4 Å². The first kappa shape index (κ1) is 19.7. The smallest absolute Gasteiger partial charge is 0.481 e. The number of benzene rings is 1. The minimum absolute atomic E-state index is 0.0401. The van der Waals surface area contributed by atoms with Gasteiger partial charge in [-0.1, -0.05) is 25.1 Å². The summed E-state index contributed by atoms with van der Waals surface area (Å²) in [5.74, 6) is -5.48. The van der Waals surface area contributed by atoms with E-state index < -0.39 is 24.1 Å². The van der Waals surface area contributed by atoms with Crippen LogP contribution in [0.15, 0.2) is 30.3 Å². The molecule has 1 atom stereocenters. The van der Waals surface area contributed by atoms with Crippen LogP contribution < -0.4 is 4.74 Å². The SMILES string of the molecule is CC(Oc1ccccc1)(OC(F)(F)F)C(=O)O.CCC(=O)O. The molecule has 6 nitrogen and oxygen atoms in total. The summed E-state index contributed by atoms with van der Waals surface area (Å²) in [4.78, 5) is 20.1. The molecule has 2 N–H and O–H groups in total. The van der Waals surface area contributed by atoms with Gasteiger partial charge in [0.15, 0.2) is 0 Å². The molecule has 1 unspecified atom stereocenters. The van der Waals surface area contributed by atoms with E-state index in [1.165, 1.54) is 24.3 Å². The molecule has 1 aromatic carbocycles. The van der Waals surface area contributed by atoms with E-state index in [0.717, 1.165) is 0 Å². The van der Waals surface area contributed by atoms with Gasteiger partial charge >= 0.3 is 24.1 Å². The molecule has 0 saturated carbocycles. The van der Waals surface area contributed by atoms with Crippen LogP contribution in [0.3, 0.4) is 0 Å². The van der Waals surface area contributed by atoms with Crippen LogP contribution in [0.4, 0.5) is 13.2 Å². The highest BCUT2D eigenvalue weighted by Crippen LogP contribution is 2.28. The summed E-state index contributed by atoms with van der Waals surface area (Å²) in [7, 11) is 0. The lowest BCUT2D eigenvalue weighted by atomic mass is 10.3.